The van der Waals surface area contributed by atoms with Gasteiger partial charge in [0, 0.05) is 0 Å². The molecule has 0 aliphatic rings. The molecule has 0 unspecified atom stereocenters. The summed E-state index contributed by atoms with van der Waals surface area (Å²) in [6.07, 6.45) is -4.80. The molecular formula is C4Cl5F3N4. The number of halogens is 8. The van der Waals surface area contributed by atoms with E-state index in [4.69, 9.17) is 58.0 Å². The van der Waals surface area contributed by atoms with Crippen molar-refractivity contribution in [1.82, 2.24) is 20.2 Å². The number of aromatic nitrogens is 4. The third kappa shape index (κ3) is 2.76. The van der Waals surface area contributed by atoms with Gasteiger partial charge in [-0.05, 0) is 5.21 Å². The highest BCUT2D eigenvalue weighted by Gasteiger charge is 2.51. The number of alkyl halides is 8. The molecule has 0 N–H and O–H groups in total. The molecule has 0 atom stereocenters. The normalized spacial score (nSPS) is 14.2. The summed E-state index contributed by atoms with van der Waals surface area (Å²) in [6.45, 7) is 0. The van der Waals surface area contributed by atoms with Gasteiger partial charge in [-0.3, -0.25) is 0 Å². The van der Waals surface area contributed by atoms with Crippen molar-refractivity contribution in [3.05, 3.63) is 5.82 Å². The van der Waals surface area contributed by atoms with Crippen LogP contribution in [0.2, 0.25) is 0 Å². The van der Waals surface area contributed by atoms with Crippen LogP contribution in [0.1, 0.15) is 5.82 Å². The summed E-state index contributed by atoms with van der Waals surface area (Å²) in [5, 5.41) is 8.51. The fourth-order valence-corrected chi connectivity index (χ4v) is 0.930. The Morgan fingerprint density at radius 3 is 1.81 bits per heavy atom. The van der Waals surface area contributed by atoms with Crippen LogP contribution in [0, 0.1) is 0 Å². The molecule has 1 aromatic rings. The maximum absolute atomic E-state index is 12.1. The SMILES string of the molecule is FC(F)(F)c1nnn(C(Cl)(Cl)C(Cl)(Cl)Cl)n1. The van der Waals surface area contributed by atoms with Crippen LogP contribution in [0.5, 0.6) is 0 Å². The summed E-state index contributed by atoms with van der Waals surface area (Å²) in [4.78, 5) is 0.159. The van der Waals surface area contributed by atoms with E-state index in [-0.39, 0.29) is 4.80 Å². The molecule has 0 saturated carbocycles. The maximum atomic E-state index is 12.1. The molecule has 0 bridgehead atoms. The van der Waals surface area contributed by atoms with Crippen LogP contribution in [-0.2, 0) is 10.6 Å². The molecule has 1 heterocycles. The second-order valence-corrected chi connectivity index (χ2v) is 6.01. The molecule has 0 amide bonds. The lowest BCUT2D eigenvalue weighted by atomic mass is 10.6. The van der Waals surface area contributed by atoms with Gasteiger partial charge in [-0.1, -0.05) is 58.0 Å². The number of hydrogen-bond acceptors (Lipinski definition) is 3. The van der Waals surface area contributed by atoms with E-state index in [0.717, 1.165) is 0 Å². The van der Waals surface area contributed by atoms with Crippen LogP contribution in [-0.4, -0.2) is 24.0 Å². The van der Waals surface area contributed by atoms with Crippen molar-refractivity contribution in [2.75, 3.05) is 0 Å². The minimum atomic E-state index is -4.80. The van der Waals surface area contributed by atoms with Crippen LogP contribution in [0.3, 0.4) is 0 Å². The third-order valence-corrected chi connectivity index (χ3v) is 3.53. The molecule has 0 spiro atoms. The van der Waals surface area contributed by atoms with Crippen LogP contribution in [0.4, 0.5) is 13.2 Å². The van der Waals surface area contributed by atoms with E-state index in [9.17, 15) is 13.2 Å². The molecule has 1 rings (SSSR count). The predicted octanol–water partition coefficient (Wildman–Crippen LogP) is 3.15. The van der Waals surface area contributed by atoms with Crippen LogP contribution < -0.4 is 0 Å². The topological polar surface area (TPSA) is 43.6 Å². The molecule has 92 valence electrons. The number of rotatable bonds is 1. The summed E-state index contributed by atoms with van der Waals surface area (Å²) >= 11 is 27.0. The maximum Gasteiger partial charge on any atom is 0.455 e. The zero-order valence-electron chi connectivity index (χ0n) is 6.81. The molecule has 4 nitrogen and oxygen atoms in total. The Bertz CT molecular complexity index is 382. The quantitative estimate of drug-likeness (QED) is 0.739. The molecule has 0 aromatic carbocycles. The second-order valence-electron chi connectivity index (χ2n) is 2.44. The smallest absolute Gasteiger partial charge is 0.163 e. The Balaban J connectivity index is 3.13. The van der Waals surface area contributed by atoms with Gasteiger partial charge < -0.3 is 0 Å². The van der Waals surface area contributed by atoms with Crippen molar-refractivity contribution >= 4 is 58.0 Å². The van der Waals surface area contributed by atoms with E-state index in [1.54, 1.807) is 0 Å². The molecular weight excluding hydrogens is 338 g/mol. The van der Waals surface area contributed by atoms with Gasteiger partial charge in [-0.25, -0.2) is 0 Å². The molecule has 0 fully saturated rings. The van der Waals surface area contributed by atoms with Crippen molar-refractivity contribution in [2.45, 2.75) is 14.4 Å². The first-order valence-electron chi connectivity index (χ1n) is 3.28. The van der Waals surface area contributed by atoms with Gasteiger partial charge in [0.15, 0.2) is 0 Å². The van der Waals surface area contributed by atoms with Crippen LogP contribution >= 0.6 is 58.0 Å². The van der Waals surface area contributed by atoms with Gasteiger partial charge >= 0.3 is 6.18 Å². The van der Waals surface area contributed by atoms with E-state index in [1.807, 2.05) is 0 Å². The standard InChI is InChI=1S/C4Cl5F3N4/c5-3(6,7)4(8,9)16-14-1(13-15-16)2(10,11)12. The van der Waals surface area contributed by atoms with Crippen LogP contribution in [0.25, 0.3) is 0 Å². The van der Waals surface area contributed by atoms with E-state index in [0.29, 0.717) is 0 Å². The highest BCUT2D eigenvalue weighted by atomic mass is 35.6. The Labute approximate surface area is 112 Å². The summed E-state index contributed by atoms with van der Waals surface area (Å²) in [6, 6.07) is 0. The summed E-state index contributed by atoms with van der Waals surface area (Å²) in [5.74, 6) is -1.55. The van der Waals surface area contributed by atoms with Crippen molar-refractivity contribution in [1.29, 1.82) is 0 Å². The summed E-state index contributed by atoms with van der Waals surface area (Å²) in [5.41, 5.74) is 0. The van der Waals surface area contributed by atoms with Gasteiger partial charge in [0.1, 0.15) is 0 Å². The fourth-order valence-electron chi connectivity index (χ4n) is 0.560. The largest absolute Gasteiger partial charge is 0.455 e. The van der Waals surface area contributed by atoms with E-state index < -0.39 is 20.3 Å². The van der Waals surface area contributed by atoms with Gasteiger partial charge in [0.2, 0.25) is 3.79 Å². The van der Waals surface area contributed by atoms with E-state index >= 15 is 0 Å². The highest BCUT2D eigenvalue weighted by molar-refractivity contribution is 6.74. The third-order valence-electron chi connectivity index (χ3n) is 1.26. The Kier molecular flexibility index (Phi) is 3.78. The second kappa shape index (κ2) is 4.20. The number of hydrogen-bond donors (Lipinski definition) is 0. The lowest BCUT2D eigenvalue weighted by Gasteiger charge is -2.24. The Morgan fingerprint density at radius 2 is 1.50 bits per heavy atom. The first-order chi connectivity index (χ1) is 6.96. The number of nitrogens with zero attached hydrogens (tertiary/aromatic N) is 4. The molecule has 0 saturated heterocycles. The molecule has 1 aromatic heterocycles. The van der Waals surface area contributed by atoms with Crippen molar-refractivity contribution < 1.29 is 13.2 Å². The summed E-state index contributed by atoms with van der Waals surface area (Å²) < 4.78 is 31.6. The highest BCUT2D eigenvalue weighted by Crippen LogP contribution is 2.48. The predicted molar refractivity (Wildman–Crippen MR) is 52.8 cm³/mol. The zero-order chi connectivity index (χ0) is 12.8. The van der Waals surface area contributed by atoms with Crippen molar-refractivity contribution in [3.8, 4) is 0 Å². The molecule has 16 heavy (non-hydrogen) atoms. The average molecular weight is 338 g/mol. The van der Waals surface area contributed by atoms with Gasteiger partial charge in [0.25, 0.3) is 10.3 Å². The van der Waals surface area contributed by atoms with Gasteiger partial charge in [0.05, 0.1) is 0 Å². The zero-order valence-corrected chi connectivity index (χ0v) is 10.6. The Hall–Kier alpha value is 0.310. The van der Waals surface area contributed by atoms with Crippen LogP contribution in [0.15, 0.2) is 0 Å². The lowest BCUT2D eigenvalue weighted by Crippen LogP contribution is -2.37. The fraction of sp³-hybridized carbons (Fsp3) is 0.750. The van der Waals surface area contributed by atoms with E-state index in [1.165, 1.54) is 0 Å². The minimum Gasteiger partial charge on any atom is -0.163 e. The molecule has 0 aliphatic heterocycles. The lowest BCUT2D eigenvalue weighted by molar-refractivity contribution is -0.145. The monoisotopic (exact) mass is 336 g/mol. The number of tetrazole rings is 1. The average Bonchev–Trinajstić information content (AvgIpc) is 2.47. The first kappa shape index (κ1) is 14.4. The first-order valence-corrected chi connectivity index (χ1v) is 5.17. The Morgan fingerprint density at radius 1 is 1.00 bits per heavy atom. The molecule has 0 aliphatic carbocycles. The molecule has 12 heteroatoms. The minimum absolute atomic E-state index is 0.159. The summed E-state index contributed by atoms with van der Waals surface area (Å²) in [7, 11) is 0. The van der Waals surface area contributed by atoms with Gasteiger partial charge in [-0.15, -0.1) is 15.0 Å². The van der Waals surface area contributed by atoms with Gasteiger partial charge in [-0.2, -0.15) is 13.2 Å². The van der Waals surface area contributed by atoms with Crippen molar-refractivity contribution in [3.63, 3.8) is 0 Å². The van der Waals surface area contributed by atoms with Crippen molar-refractivity contribution in [2.24, 2.45) is 0 Å². The van der Waals surface area contributed by atoms with E-state index in [2.05, 4.69) is 15.4 Å². The molecule has 0 radical (unpaired) electrons.